The summed E-state index contributed by atoms with van der Waals surface area (Å²) >= 11 is 0. The summed E-state index contributed by atoms with van der Waals surface area (Å²) in [5.74, 6) is 1.92. The SMILES string of the molecule is COc1cccc(NC(=O)c2nnc(N3CCC(Cc4ccccc4)CC3)c3ccccc23)c1. The number of aromatic nitrogens is 2. The summed E-state index contributed by atoms with van der Waals surface area (Å²) < 4.78 is 5.25. The number of carbonyl (C=O) groups excluding carboxylic acids is 1. The van der Waals surface area contributed by atoms with Crippen LogP contribution in [0, 0.1) is 5.92 Å². The lowest BCUT2D eigenvalue weighted by atomic mass is 9.90. The second kappa shape index (κ2) is 9.91. The molecule has 6 heteroatoms. The minimum atomic E-state index is -0.287. The van der Waals surface area contributed by atoms with Gasteiger partial charge in [-0.25, -0.2) is 0 Å². The van der Waals surface area contributed by atoms with Crippen LogP contribution in [0.3, 0.4) is 0 Å². The molecule has 0 atom stereocenters. The van der Waals surface area contributed by atoms with Crippen molar-refractivity contribution >= 4 is 28.2 Å². The molecule has 4 aromatic rings. The van der Waals surface area contributed by atoms with Gasteiger partial charge in [-0.1, -0.05) is 60.7 Å². The maximum absolute atomic E-state index is 13.1. The van der Waals surface area contributed by atoms with E-state index in [4.69, 9.17) is 4.74 Å². The number of nitrogens with one attached hydrogen (secondary N) is 1. The number of hydrogen-bond donors (Lipinski definition) is 1. The fourth-order valence-electron chi connectivity index (χ4n) is 4.68. The van der Waals surface area contributed by atoms with E-state index in [0.717, 1.165) is 48.9 Å². The maximum atomic E-state index is 13.1. The van der Waals surface area contributed by atoms with Gasteiger partial charge in [-0.15, -0.1) is 10.2 Å². The normalized spacial score (nSPS) is 14.2. The Morgan fingerprint density at radius 2 is 1.68 bits per heavy atom. The Bertz CT molecular complexity index is 1280. The molecule has 1 saturated heterocycles. The number of ether oxygens (including phenoxy) is 1. The highest BCUT2D eigenvalue weighted by Crippen LogP contribution is 2.30. The zero-order chi connectivity index (χ0) is 23.3. The van der Waals surface area contributed by atoms with Gasteiger partial charge in [0.1, 0.15) is 5.75 Å². The number of benzene rings is 3. The minimum Gasteiger partial charge on any atom is -0.497 e. The van der Waals surface area contributed by atoms with Crippen molar-refractivity contribution < 1.29 is 9.53 Å². The number of rotatable bonds is 6. The molecule has 2 heterocycles. The molecule has 1 aliphatic heterocycles. The van der Waals surface area contributed by atoms with Crippen LogP contribution in [0.2, 0.25) is 0 Å². The summed E-state index contributed by atoms with van der Waals surface area (Å²) in [6, 6.07) is 25.9. The number of piperidine rings is 1. The zero-order valence-electron chi connectivity index (χ0n) is 19.3. The lowest BCUT2D eigenvalue weighted by Gasteiger charge is -2.33. The van der Waals surface area contributed by atoms with Crippen LogP contribution in [-0.2, 0) is 6.42 Å². The van der Waals surface area contributed by atoms with Crippen molar-refractivity contribution in [3.05, 3.63) is 90.1 Å². The number of hydrogen-bond acceptors (Lipinski definition) is 5. The first-order chi connectivity index (χ1) is 16.7. The monoisotopic (exact) mass is 452 g/mol. The molecule has 1 aliphatic rings. The molecule has 172 valence electrons. The summed E-state index contributed by atoms with van der Waals surface area (Å²) in [6.45, 7) is 1.87. The van der Waals surface area contributed by atoms with Crippen molar-refractivity contribution in [2.24, 2.45) is 5.92 Å². The first-order valence-corrected chi connectivity index (χ1v) is 11.7. The van der Waals surface area contributed by atoms with Crippen molar-refractivity contribution in [1.29, 1.82) is 0 Å². The predicted octanol–water partition coefficient (Wildman–Crippen LogP) is 5.35. The molecule has 1 N–H and O–H groups in total. The lowest BCUT2D eigenvalue weighted by Crippen LogP contribution is -2.35. The molecular formula is C28H28N4O2. The third-order valence-corrected chi connectivity index (χ3v) is 6.49. The fourth-order valence-corrected chi connectivity index (χ4v) is 4.68. The van der Waals surface area contributed by atoms with Crippen LogP contribution in [-0.4, -0.2) is 36.3 Å². The van der Waals surface area contributed by atoms with Crippen molar-refractivity contribution in [2.75, 3.05) is 30.4 Å². The van der Waals surface area contributed by atoms with Gasteiger partial charge in [-0.3, -0.25) is 4.79 Å². The summed E-state index contributed by atoms with van der Waals surface area (Å²) in [4.78, 5) is 15.4. The molecule has 0 saturated carbocycles. The topological polar surface area (TPSA) is 67.3 Å². The Balaban J connectivity index is 1.34. The van der Waals surface area contributed by atoms with Crippen LogP contribution in [0.25, 0.3) is 10.8 Å². The highest BCUT2D eigenvalue weighted by Gasteiger charge is 2.24. The maximum Gasteiger partial charge on any atom is 0.276 e. The number of carbonyl (C=O) groups is 1. The molecule has 0 unspecified atom stereocenters. The third kappa shape index (κ3) is 4.71. The predicted molar refractivity (Wildman–Crippen MR) is 136 cm³/mol. The van der Waals surface area contributed by atoms with Gasteiger partial charge in [0.15, 0.2) is 11.5 Å². The van der Waals surface area contributed by atoms with Crippen molar-refractivity contribution in [3.8, 4) is 5.75 Å². The smallest absolute Gasteiger partial charge is 0.276 e. The van der Waals surface area contributed by atoms with Crippen LogP contribution in [0.5, 0.6) is 5.75 Å². The van der Waals surface area contributed by atoms with Crippen LogP contribution in [0.1, 0.15) is 28.9 Å². The highest BCUT2D eigenvalue weighted by atomic mass is 16.5. The lowest BCUT2D eigenvalue weighted by molar-refractivity contribution is 0.102. The fraction of sp³-hybridized carbons (Fsp3) is 0.250. The van der Waals surface area contributed by atoms with E-state index < -0.39 is 0 Å². The Labute approximate surface area is 199 Å². The summed E-state index contributed by atoms with van der Waals surface area (Å²) in [5.41, 5.74) is 2.37. The third-order valence-electron chi connectivity index (χ3n) is 6.49. The number of nitrogens with zero attached hydrogens (tertiary/aromatic N) is 3. The molecule has 34 heavy (non-hydrogen) atoms. The van der Waals surface area contributed by atoms with Gasteiger partial charge in [0.2, 0.25) is 0 Å². The molecule has 0 spiro atoms. The molecular weight excluding hydrogens is 424 g/mol. The molecule has 1 aromatic heterocycles. The molecule has 3 aromatic carbocycles. The van der Waals surface area contributed by atoms with E-state index in [1.165, 1.54) is 5.56 Å². The van der Waals surface area contributed by atoms with Crippen LogP contribution in [0.4, 0.5) is 11.5 Å². The average molecular weight is 453 g/mol. The number of amides is 1. The van der Waals surface area contributed by atoms with E-state index in [0.29, 0.717) is 23.0 Å². The minimum absolute atomic E-state index is 0.287. The molecule has 0 bridgehead atoms. The van der Waals surface area contributed by atoms with Crippen molar-refractivity contribution in [1.82, 2.24) is 10.2 Å². The standard InChI is InChI=1S/C28H28N4O2/c1-34-23-11-7-10-22(19-23)29-28(33)26-24-12-5-6-13-25(24)27(31-30-26)32-16-14-21(15-17-32)18-20-8-3-2-4-9-20/h2-13,19,21H,14-18H2,1H3,(H,29,33). The first kappa shape index (κ1) is 21.9. The summed E-state index contributed by atoms with van der Waals surface area (Å²) in [7, 11) is 1.60. The van der Waals surface area contributed by atoms with E-state index in [1.54, 1.807) is 13.2 Å². The van der Waals surface area contributed by atoms with Crippen LogP contribution in [0.15, 0.2) is 78.9 Å². The molecule has 0 aliphatic carbocycles. The van der Waals surface area contributed by atoms with Crippen LogP contribution < -0.4 is 15.0 Å². The highest BCUT2D eigenvalue weighted by molar-refractivity contribution is 6.12. The van der Waals surface area contributed by atoms with Gasteiger partial charge >= 0.3 is 0 Å². The molecule has 1 fully saturated rings. The Morgan fingerprint density at radius 1 is 0.941 bits per heavy atom. The molecule has 5 rings (SSSR count). The van der Waals surface area contributed by atoms with Gasteiger partial charge in [-0.2, -0.15) is 0 Å². The second-order valence-corrected chi connectivity index (χ2v) is 8.72. The van der Waals surface area contributed by atoms with Crippen molar-refractivity contribution in [3.63, 3.8) is 0 Å². The van der Waals surface area contributed by atoms with E-state index in [-0.39, 0.29) is 5.91 Å². The average Bonchev–Trinajstić information content (AvgIpc) is 2.89. The first-order valence-electron chi connectivity index (χ1n) is 11.7. The van der Waals surface area contributed by atoms with Gasteiger partial charge < -0.3 is 15.0 Å². The second-order valence-electron chi connectivity index (χ2n) is 8.72. The van der Waals surface area contributed by atoms with Gasteiger partial charge in [-0.05, 0) is 42.9 Å². The number of anilines is 2. The Morgan fingerprint density at radius 3 is 2.44 bits per heavy atom. The largest absolute Gasteiger partial charge is 0.497 e. The Kier molecular flexibility index (Phi) is 6.38. The van der Waals surface area contributed by atoms with E-state index in [1.807, 2.05) is 42.5 Å². The summed E-state index contributed by atoms with van der Waals surface area (Å²) in [6.07, 6.45) is 3.34. The Hall–Kier alpha value is -3.93. The molecule has 1 amide bonds. The molecule has 0 radical (unpaired) electrons. The zero-order valence-corrected chi connectivity index (χ0v) is 19.3. The molecule has 6 nitrogen and oxygen atoms in total. The number of fused-ring (bicyclic) bond motifs is 1. The van der Waals surface area contributed by atoms with E-state index in [9.17, 15) is 4.79 Å². The van der Waals surface area contributed by atoms with Gasteiger partial charge in [0.05, 0.1) is 7.11 Å². The van der Waals surface area contributed by atoms with E-state index in [2.05, 4.69) is 50.7 Å². The summed E-state index contributed by atoms with van der Waals surface area (Å²) in [5, 5.41) is 13.6. The van der Waals surface area contributed by atoms with Gasteiger partial charge in [0, 0.05) is 35.6 Å². The van der Waals surface area contributed by atoms with Crippen molar-refractivity contribution in [2.45, 2.75) is 19.3 Å². The van der Waals surface area contributed by atoms with Crippen LogP contribution >= 0.6 is 0 Å². The number of methoxy groups -OCH3 is 1. The quantitative estimate of drug-likeness (QED) is 0.427. The van der Waals surface area contributed by atoms with Gasteiger partial charge in [0.25, 0.3) is 5.91 Å². The van der Waals surface area contributed by atoms with E-state index >= 15 is 0 Å².